The highest BCUT2D eigenvalue weighted by atomic mass is 79.9. The van der Waals surface area contributed by atoms with Gasteiger partial charge in [-0.05, 0) is 30.3 Å². The van der Waals surface area contributed by atoms with Crippen LogP contribution in [0.1, 0.15) is 21.5 Å². The number of hydrogen-bond donors (Lipinski definition) is 1. The molecule has 0 radical (unpaired) electrons. The minimum atomic E-state index is -0.484. The summed E-state index contributed by atoms with van der Waals surface area (Å²) in [7, 11) is 0. The van der Waals surface area contributed by atoms with Crippen LogP contribution in [-0.4, -0.2) is 10.8 Å². The highest BCUT2D eigenvalue weighted by Gasteiger charge is 2.19. The summed E-state index contributed by atoms with van der Waals surface area (Å²) in [6, 6.07) is 11.2. The lowest BCUT2D eigenvalue weighted by atomic mass is 10.00. The quantitative estimate of drug-likeness (QED) is 0.710. The Labute approximate surface area is 128 Å². The monoisotopic (exact) mass is 342 g/mol. The highest BCUT2D eigenvalue weighted by Crippen LogP contribution is 2.27. The molecule has 3 aromatic rings. The molecule has 1 aromatic heterocycles. The summed E-state index contributed by atoms with van der Waals surface area (Å²) in [5, 5.41) is 9.74. The number of aromatic amines is 1. The average Bonchev–Trinajstić information content (AvgIpc) is 2.93. The molecule has 0 fully saturated rings. The van der Waals surface area contributed by atoms with Crippen LogP contribution in [0.15, 0.2) is 47.1 Å². The van der Waals surface area contributed by atoms with Crippen LogP contribution in [0, 0.1) is 17.1 Å². The molecule has 3 rings (SSSR count). The van der Waals surface area contributed by atoms with E-state index in [0.717, 1.165) is 0 Å². The standard InChI is InChI=1S/C16H8BrFN2O/c17-13-5-4-10(18)6-11(13)16(21)12-8-20-14-3-1-2-9(7-19)15(12)14/h1-6,8,20H. The number of halogens is 2. The normalized spacial score (nSPS) is 10.5. The van der Waals surface area contributed by atoms with Crippen molar-refractivity contribution in [3.63, 3.8) is 0 Å². The lowest BCUT2D eigenvalue weighted by molar-refractivity contribution is 0.103. The van der Waals surface area contributed by atoms with Gasteiger partial charge in [-0.1, -0.05) is 22.0 Å². The maximum atomic E-state index is 13.4. The Balaban J connectivity index is 2.24. The number of carbonyl (C=O) groups is 1. The van der Waals surface area contributed by atoms with E-state index in [9.17, 15) is 14.4 Å². The summed E-state index contributed by atoms with van der Waals surface area (Å²) in [4.78, 5) is 15.6. The van der Waals surface area contributed by atoms with Crippen LogP contribution in [0.2, 0.25) is 0 Å². The van der Waals surface area contributed by atoms with E-state index < -0.39 is 5.82 Å². The van der Waals surface area contributed by atoms with Gasteiger partial charge < -0.3 is 4.98 Å². The van der Waals surface area contributed by atoms with Gasteiger partial charge in [-0.2, -0.15) is 5.26 Å². The zero-order chi connectivity index (χ0) is 15.0. The summed E-state index contributed by atoms with van der Waals surface area (Å²) in [5.41, 5.74) is 1.69. The van der Waals surface area contributed by atoms with Gasteiger partial charge in [0.25, 0.3) is 0 Å². The fraction of sp³-hybridized carbons (Fsp3) is 0. The van der Waals surface area contributed by atoms with Crippen molar-refractivity contribution in [1.82, 2.24) is 4.98 Å². The van der Waals surface area contributed by atoms with Gasteiger partial charge in [-0.3, -0.25) is 4.79 Å². The van der Waals surface area contributed by atoms with Gasteiger partial charge in [0.2, 0.25) is 0 Å². The van der Waals surface area contributed by atoms with E-state index in [1.165, 1.54) is 18.2 Å². The lowest BCUT2D eigenvalue weighted by Crippen LogP contribution is -2.02. The number of benzene rings is 2. The fourth-order valence-electron chi connectivity index (χ4n) is 2.27. The molecule has 0 unspecified atom stereocenters. The first kappa shape index (κ1) is 13.5. The van der Waals surface area contributed by atoms with Crippen molar-refractivity contribution >= 4 is 32.6 Å². The van der Waals surface area contributed by atoms with Crippen molar-refractivity contribution in [2.45, 2.75) is 0 Å². The van der Waals surface area contributed by atoms with Crippen molar-refractivity contribution in [3.8, 4) is 6.07 Å². The topological polar surface area (TPSA) is 56.6 Å². The zero-order valence-electron chi connectivity index (χ0n) is 10.7. The number of H-pyrrole nitrogens is 1. The average molecular weight is 343 g/mol. The number of nitrogens with zero attached hydrogens (tertiary/aromatic N) is 1. The summed E-state index contributed by atoms with van der Waals surface area (Å²) in [6.45, 7) is 0. The van der Waals surface area contributed by atoms with Gasteiger partial charge in [0.15, 0.2) is 5.78 Å². The van der Waals surface area contributed by atoms with E-state index in [2.05, 4.69) is 27.0 Å². The predicted molar refractivity (Wildman–Crippen MR) is 80.5 cm³/mol. The van der Waals surface area contributed by atoms with Crippen molar-refractivity contribution in [2.75, 3.05) is 0 Å². The molecule has 1 N–H and O–H groups in total. The Morgan fingerprint density at radius 1 is 1.24 bits per heavy atom. The third-order valence-corrected chi connectivity index (χ3v) is 3.94. The molecule has 0 spiro atoms. The molecule has 1 heterocycles. The summed E-state index contributed by atoms with van der Waals surface area (Å²) >= 11 is 3.25. The molecule has 21 heavy (non-hydrogen) atoms. The molecular formula is C16H8BrFN2O. The maximum Gasteiger partial charge on any atom is 0.196 e. The van der Waals surface area contributed by atoms with E-state index in [1.54, 1.807) is 24.4 Å². The van der Waals surface area contributed by atoms with Crippen LogP contribution in [0.4, 0.5) is 4.39 Å². The van der Waals surface area contributed by atoms with Crippen molar-refractivity contribution in [3.05, 3.63) is 69.6 Å². The van der Waals surface area contributed by atoms with Gasteiger partial charge in [0, 0.05) is 32.7 Å². The minimum absolute atomic E-state index is 0.226. The Morgan fingerprint density at radius 2 is 2.05 bits per heavy atom. The second kappa shape index (κ2) is 5.15. The van der Waals surface area contributed by atoms with E-state index >= 15 is 0 Å². The number of aromatic nitrogens is 1. The lowest BCUT2D eigenvalue weighted by Gasteiger charge is -2.04. The molecule has 102 valence electrons. The second-order valence-electron chi connectivity index (χ2n) is 4.50. The number of fused-ring (bicyclic) bond motifs is 1. The molecular weight excluding hydrogens is 335 g/mol. The third-order valence-electron chi connectivity index (χ3n) is 3.24. The molecule has 0 aliphatic rings. The Morgan fingerprint density at radius 3 is 2.81 bits per heavy atom. The van der Waals surface area contributed by atoms with E-state index in [4.69, 9.17) is 0 Å². The van der Waals surface area contributed by atoms with Gasteiger partial charge in [-0.25, -0.2) is 4.39 Å². The van der Waals surface area contributed by atoms with Crippen molar-refractivity contribution in [1.29, 1.82) is 5.26 Å². The molecule has 0 bridgehead atoms. The maximum absolute atomic E-state index is 13.4. The van der Waals surface area contributed by atoms with Crippen LogP contribution >= 0.6 is 15.9 Å². The van der Waals surface area contributed by atoms with Gasteiger partial charge in [0.05, 0.1) is 11.6 Å². The predicted octanol–water partition coefficient (Wildman–Crippen LogP) is 4.17. The smallest absolute Gasteiger partial charge is 0.196 e. The first-order chi connectivity index (χ1) is 10.1. The highest BCUT2D eigenvalue weighted by molar-refractivity contribution is 9.10. The summed E-state index contributed by atoms with van der Waals surface area (Å²) < 4.78 is 13.9. The third kappa shape index (κ3) is 2.24. The first-order valence-corrected chi connectivity index (χ1v) is 6.91. The molecule has 0 saturated heterocycles. The molecule has 0 saturated carbocycles. The number of hydrogen-bond acceptors (Lipinski definition) is 2. The molecule has 3 nitrogen and oxygen atoms in total. The summed E-state index contributed by atoms with van der Waals surface area (Å²) in [6.07, 6.45) is 1.55. The minimum Gasteiger partial charge on any atom is -0.360 e. The first-order valence-electron chi connectivity index (χ1n) is 6.12. The molecule has 2 aromatic carbocycles. The van der Waals surface area contributed by atoms with E-state index in [0.29, 0.717) is 26.5 Å². The number of rotatable bonds is 2. The van der Waals surface area contributed by atoms with Crippen molar-refractivity contribution < 1.29 is 9.18 Å². The molecule has 0 aliphatic heterocycles. The van der Waals surface area contributed by atoms with E-state index in [-0.39, 0.29) is 11.3 Å². The number of carbonyl (C=O) groups excluding carboxylic acids is 1. The van der Waals surface area contributed by atoms with Crippen LogP contribution in [0.5, 0.6) is 0 Å². The molecule has 5 heteroatoms. The number of nitriles is 1. The molecule has 0 aliphatic carbocycles. The Kier molecular flexibility index (Phi) is 3.32. The number of ketones is 1. The largest absolute Gasteiger partial charge is 0.360 e. The van der Waals surface area contributed by atoms with Crippen LogP contribution in [-0.2, 0) is 0 Å². The molecule has 0 amide bonds. The van der Waals surface area contributed by atoms with Crippen LogP contribution in [0.3, 0.4) is 0 Å². The van der Waals surface area contributed by atoms with E-state index in [1.807, 2.05) is 0 Å². The SMILES string of the molecule is N#Cc1cccc2[nH]cc(C(=O)c3cc(F)ccc3Br)c12. The molecule has 0 atom stereocenters. The summed E-state index contributed by atoms with van der Waals surface area (Å²) in [5.74, 6) is -0.822. The van der Waals surface area contributed by atoms with Crippen LogP contribution < -0.4 is 0 Å². The second-order valence-corrected chi connectivity index (χ2v) is 5.35. The van der Waals surface area contributed by atoms with Gasteiger partial charge in [0.1, 0.15) is 5.82 Å². The van der Waals surface area contributed by atoms with Crippen LogP contribution in [0.25, 0.3) is 10.9 Å². The number of nitrogens with one attached hydrogen (secondary N) is 1. The Hall–Kier alpha value is -2.45. The van der Waals surface area contributed by atoms with Gasteiger partial charge in [-0.15, -0.1) is 0 Å². The van der Waals surface area contributed by atoms with Crippen molar-refractivity contribution in [2.24, 2.45) is 0 Å². The fourth-order valence-corrected chi connectivity index (χ4v) is 2.70. The Bertz CT molecular complexity index is 908. The zero-order valence-corrected chi connectivity index (χ0v) is 12.2. The van der Waals surface area contributed by atoms with Gasteiger partial charge >= 0.3 is 0 Å².